The molecule has 1 aromatic carbocycles. The first-order chi connectivity index (χ1) is 11.5. The van der Waals surface area contributed by atoms with Gasteiger partial charge in [0.25, 0.3) is 5.69 Å². The van der Waals surface area contributed by atoms with Crippen LogP contribution in [0.25, 0.3) is 0 Å². The molecular weight excluding hydrogens is 315 g/mol. The molecule has 1 aromatic heterocycles. The molecule has 1 fully saturated rings. The number of nitrogens with zero attached hydrogens (tertiary/aromatic N) is 4. The van der Waals surface area contributed by atoms with Crippen LogP contribution in [0.1, 0.15) is 29.6 Å². The average Bonchev–Trinajstić information content (AvgIpc) is 3.16. The monoisotopic (exact) mass is 332 g/mol. The van der Waals surface area contributed by atoms with E-state index in [1.165, 1.54) is 18.3 Å². The molecule has 126 valence electrons. The van der Waals surface area contributed by atoms with Gasteiger partial charge in [0.15, 0.2) is 5.78 Å². The number of hydrogen-bond acceptors (Lipinski definition) is 5. The van der Waals surface area contributed by atoms with Gasteiger partial charge in [-0.2, -0.15) is 5.10 Å². The molecule has 8 heteroatoms. The van der Waals surface area contributed by atoms with Gasteiger partial charge >= 0.3 is 0 Å². The van der Waals surface area contributed by atoms with E-state index in [9.17, 15) is 19.3 Å². The van der Waals surface area contributed by atoms with Crippen LogP contribution in [0.4, 0.5) is 15.8 Å². The van der Waals surface area contributed by atoms with Crippen LogP contribution in [0.5, 0.6) is 0 Å². The van der Waals surface area contributed by atoms with Crippen molar-refractivity contribution in [2.45, 2.75) is 25.3 Å². The predicted octanol–water partition coefficient (Wildman–Crippen LogP) is 2.71. The second-order valence-electron chi connectivity index (χ2n) is 5.91. The highest BCUT2D eigenvalue weighted by molar-refractivity contribution is 5.96. The SMILES string of the molecule is Cn1cc(C(=O)CC2CCCN2c2ccc(F)cc2[N+](=O)[O-])cn1. The summed E-state index contributed by atoms with van der Waals surface area (Å²) in [4.78, 5) is 24.9. The minimum atomic E-state index is -0.646. The van der Waals surface area contributed by atoms with Crippen LogP contribution in [0.3, 0.4) is 0 Å². The molecule has 24 heavy (non-hydrogen) atoms. The highest BCUT2D eigenvalue weighted by Crippen LogP contribution is 2.35. The molecule has 0 saturated carbocycles. The van der Waals surface area contributed by atoms with Gasteiger partial charge in [-0.3, -0.25) is 19.6 Å². The van der Waals surface area contributed by atoms with Crippen molar-refractivity contribution >= 4 is 17.2 Å². The molecule has 2 heterocycles. The lowest BCUT2D eigenvalue weighted by atomic mass is 10.0. The Morgan fingerprint density at radius 1 is 1.50 bits per heavy atom. The zero-order valence-electron chi connectivity index (χ0n) is 13.2. The summed E-state index contributed by atoms with van der Waals surface area (Å²) in [5.74, 6) is -0.697. The third-order valence-corrected chi connectivity index (χ3v) is 4.27. The number of nitro groups is 1. The van der Waals surface area contributed by atoms with Crippen LogP contribution in [-0.2, 0) is 7.05 Å². The third kappa shape index (κ3) is 3.12. The van der Waals surface area contributed by atoms with Crippen molar-refractivity contribution in [1.29, 1.82) is 0 Å². The van der Waals surface area contributed by atoms with Crippen LogP contribution < -0.4 is 4.90 Å². The molecule has 0 radical (unpaired) electrons. The smallest absolute Gasteiger partial charge is 0.295 e. The summed E-state index contributed by atoms with van der Waals surface area (Å²) in [7, 11) is 1.74. The van der Waals surface area contributed by atoms with E-state index in [1.54, 1.807) is 17.9 Å². The fraction of sp³-hybridized carbons (Fsp3) is 0.375. The number of aryl methyl sites for hydroxylation is 1. The molecule has 1 aliphatic rings. The highest BCUT2D eigenvalue weighted by Gasteiger charge is 2.31. The van der Waals surface area contributed by atoms with Crippen molar-refractivity contribution in [3.05, 3.63) is 52.1 Å². The number of ketones is 1. The van der Waals surface area contributed by atoms with Gasteiger partial charge < -0.3 is 4.90 Å². The van der Waals surface area contributed by atoms with Crippen LogP contribution in [0.15, 0.2) is 30.6 Å². The van der Waals surface area contributed by atoms with Gasteiger partial charge in [0, 0.05) is 32.3 Å². The van der Waals surface area contributed by atoms with Gasteiger partial charge in [-0.25, -0.2) is 4.39 Å². The predicted molar refractivity (Wildman–Crippen MR) is 85.6 cm³/mol. The third-order valence-electron chi connectivity index (χ3n) is 4.27. The van der Waals surface area contributed by atoms with Crippen LogP contribution >= 0.6 is 0 Å². The molecule has 0 N–H and O–H groups in total. The summed E-state index contributed by atoms with van der Waals surface area (Å²) in [5, 5.41) is 15.2. The Bertz CT molecular complexity index is 789. The first-order valence-corrected chi connectivity index (χ1v) is 7.68. The number of carbonyl (C=O) groups excluding carboxylic acids is 1. The van der Waals surface area contributed by atoms with Gasteiger partial charge in [-0.05, 0) is 25.0 Å². The molecule has 0 amide bonds. The summed E-state index contributed by atoms with van der Waals surface area (Å²) < 4.78 is 14.9. The van der Waals surface area contributed by atoms with Crippen molar-refractivity contribution < 1.29 is 14.1 Å². The number of hydrogen-bond donors (Lipinski definition) is 0. The van der Waals surface area contributed by atoms with E-state index in [0.717, 1.165) is 18.9 Å². The summed E-state index contributed by atoms with van der Waals surface area (Å²) in [6, 6.07) is 3.41. The van der Waals surface area contributed by atoms with Crippen LogP contribution in [0, 0.1) is 15.9 Å². The van der Waals surface area contributed by atoms with E-state index in [4.69, 9.17) is 0 Å². The highest BCUT2D eigenvalue weighted by atomic mass is 19.1. The van der Waals surface area contributed by atoms with E-state index in [1.807, 2.05) is 4.90 Å². The van der Waals surface area contributed by atoms with Crippen molar-refractivity contribution in [3.8, 4) is 0 Å². The summed E-state index contributed by atoms with van der Waals surface area (Å²) in [6.07, 6.45) is 5.02. The minimum Gasteiger partial charge on any atom is -0.363 e. The molecule has 0 spiro atoms. The molecular formula is C16H17FN4O3. The first-order valence-electron chi connectivity index (χ1n) is 7.68. The fourth-order valence-corrected chi connectivity index (χ4v) is 3.15. The maximum Gasteiger partial charge on any atom is 0.295 e. The summed E-state index contributed by atoms with van der Waals surface area (Å²) >= 11 is 0. The molecule has 3 rings (SSSR count). The second-order valence-corrected chi connectivity index (χ2v) is 5.91. The number of anilines is 1. The molecule has 1 aliphatic heterocycles. The van der Waals surface area contributed by atoms with Gasteiger partial charge in [0.1, 0.15) is 11.5 Å². The van der Waals surface area contributed by atoms with Gasteiger partial charge in [-0.1, -0.05) is 0 Å². The van der Waals surface area contributed by atoms with Crippen molar-refractivity contribution in [1.82, 2.24) is 9.78 Å². The lowest BCUT2D eigenvalue weighted by Crippen LogP contribution is -2.31. The number of nitro benzene ring substituents is 1. The van der Waals surface area contributed by atoms with Crippen molar-refractivity contribution in [2.75, 3.05) is 11.4 Å². The number of aromatic nitrogens is 2. The maximum absolute atomic E-state index is 13.3. The van der Waals surface area contributed by atoms with E-state index < -0.39 is 10.7 Å². The molecule has 0 aliphatic carbocycles. The Morgan fingerprint density at radius 2 is 2.29 bits per heavy atom. The van der Waals surface area contributed by atoms with Crippen LogP contribution in [0.2, 0.25) is 0 Å². The fourth-order valence-electron chi connectivity index (χ4n) is 3.15. The Balaban J connectivity index is 1.83. The van der Waals surface area contributed by atoms with E-state index >= 15 is 0 Å². The maximum atomic E-state index is 13.3. The summed E-state index contributed by atoms with van der Waals surface area (Å²) in [5.41, 5.74) is 0.622. The molecule has 1 saturated heterocycles. The average molecular weight is 332 g/mol. The molecule has 1 atom stereocenters. The van der Waals surface area contributed by atoms with Crippen molar-refractivity contribution in [2.24, 2.45) is 7.05 Å². The quantitative estimate of drug-likeness (QED) is 0.478. The number of Topliss-reactive ketones (excluding diaryl/α,β-unsaturated/α-hetero) is 1. The Hall–Kier alpha value is -2.77. The molecule has 1 unspecified atom stereocenters. The zero-order valence-corrected chi connectivity index (χ0v) is 13.2. The Morgan fingerprint density at radius 3 is 2.96 bits per heavy atom. The van der Waals surface area contributed by atoms with Crippen molar-refractivity contribution in [3.63, 3.8) is 0 Å². The number of rotatable bonds is 5. The second kappa shape index (κ2) is 6.38. The zero-order chi connectivity index (χ0) is 17.3. The van der Waals surface area contributed by atoms with Crippen LogP contribution in [-0.4, -0.2) is 33.1 Å². The number of halogens is 1. The van der Waals surface area contributed by atoms with E-state index in [-0.39, 0.29) is 23.9 Å². The van der Waals surface area contributed by atoms with Gasteiger partial charge in [0.05, 0.1) is 22.7 Å². The lowest BCUT2D eigenvalue weighted by Gasteiger charge is -2.26. The van der Waals surface area contributed by atoms with Gasteiger partial charge in [-0.15, -0.1) is 0 Å². The topological polar surface area (TPSA) is 81.3 Å². The first kappa shape index (κ1) is 16.1. The largest absolute Gasteiger partial charge is 0.363 e. The van der Waals surface area contributed by atoms with E-state index in [0.29, 0.717) is 17.8 Å². The molecule has 2 aromatic rings. The normalized spacial score (nSPS) is 17.2. The Kier molecular flexibility index (Phi) is 4.28. The minimum absolute atomic E-state index is 0.0511. The lowest BCUT2D eigenvalue weighted by molar-refractivity contribution is -0.384. The number of carbonyl (C=O) groups is 1. The standard InChI is InChI=1S/C16H17FN4O3/c1-19-10-11(9-18-19)16(22)8-13-3-2-6-20(13)14-5-4-12(17)7-15(14)21(23)24/h4-5,7,9-10,13H,2-3,6,8H2,1H3. The Labute approximate surface area is 137 Å². The number of benzene rings is 1. The van der Waals surface area contributed by atoms with Gasteiger partial charge in [0.2, 0.25) is 0 Å². The molecule has 7 nitrogen and oxygen atoms in total. The van der Waals surface area contributed by atoms with E-state index in [2.05, 4.69) is 5.10 Å². The summed E-state index contributed by atoms with van der Waals surface area (Å²) in [6.45, 7) is 0.609. The molecule has 0 bridgehead atoms.